The number of hydrogen-bond donors (Lipinski definition) is 0. The fraction of sp³-hybridized carbons (Fsp3) is 0.182. The lowest BCUT2D eigenvalue weighted by Crippen LogP contribution is -2.33. The Labute approximate surface area is 93.6 Å². The standard InChI is InChI=1S/C11H7F5O/c1-2-9(17)7-3-5-8(6-4-7)10(12,13)11(14,15)16/h2-6H,1H2. The molecule has 0 saturated carbocycles. The van der Waals surface area contributed by atoms with Crippen LogP contribution in [0.5, 0.6) is 0 Å². The second kappa shape index (κ2) is 4.27. The quantitative estimate of drug-likeness (QED) is 0.454. The monoisotopic (exact) mass is 250 g/mol. The van der Waals surface area contributed by atoms with Crippen LogP contribution < -0.4 is 0 Å². The van der Waals surface area contributed by atoms with E-state index in [1.165, 1.54) is 0 Å². The summed E-state index contributed by atoms with van der Waals surface area (Å²) in [5.41, 5.74) is -1.20. The van der Waals surface area contributed by atoms with Crippen LogP contribution in [0.4, 0.5) is 22.0 Å². The summed E-state index contributed by atoms with van der Waals surface area (Å²) in [5.74, 6) is -5.48. The maximum absolute atomic E-state index is 12.8. The van der Waals surface area contributed by atoms with Crippen molar-refractivity contribution in [1.82, 2.24) is 0 Å². The third-order valence-electron chi connectivity index (χ3n) is 2.07. The van der Waals surface area contributed by atoms with Crippen molar-refractivity contribution in [1.29, 1.82) is 0 Å². The average molecular weight is 250 g/mol. The fourth-order valence-electron chi connectivity index (χ4n) is 1.13. The smallest absolute Gasteiger partial charge is 0.289 e. The molecule has 0 atom stereocenters. The van der Waals surface area contributed by atoms with Gasteiger partial charge in [0.25, 0.3) is 0 Å². The molecule has 0 spiro atoms. The van der Waals surface area contributed by atoms with Crippen molar-refractivity contribution >= 4 is 5.78 Å². The summed E-state index contributed by atoms with van der Waals surface area (Å²) < 4.78 is 61.7. The summed E-state index contributed by atoms with van der Waals surface area (Å²) in [4.78, 5) is 11.0. The van der Waals surface area contributed by atoms with E-state index in [2.05, 4.69) is 6.58 Å². The maximum Gasteiger partial charge on any atom is 0.458 e. The number of allylic oxidation sites excluding steroid dienone is 1. The first kappa shape index (κ1) is 13.3. The predicted molar refractivity (Wildman–Crippen MR) is 50.9 cm³/mol. The molecule has 1 rings (SSSR count). The Balaban J connectivity index is 3.11. The third-order valence-corrected chi connectivity index (χ3v) is 2.07. The molecule has 0 unspecified atom stereocenters. The molecule has 0 saturated heterocycles. The highest BCUT2D eigenvalue weighted by atomic mass is 19.4. The summed E-state index contributed by atoms with van der Waals surface area (Å²) >= 11 is 0. The zero-order chi connectivity index (χ0) is 13.3. The number of carbonyl (C=O) groups excluding carboxylic acids is 1. The van der Waals surface area contributed by atoms with Gasteiger partial charge in [0.2, 0.25) is 0 Å². The number of benzene rings is 1. The summed E-state index contributed by atoms with van der Waals surface area (Å²) in [6.07, 6.45) is -4.71. The van der Waals surface area contributed by atoms with E-state index in [1.807, 2.05) is 0 Å². The molecule has 0 aliphatic rings. The molecule has 1 aromatic carbocycles. The minimum Gasteiger partial charge on any atom is -0.289 e. The molecule has 0 amide bonds. The van der Waals surface area contributed by atoms with E-state index >= 15 is 0 Å². The van der Waals surface area contributed by atoms with Crippen molar-refractivity contribution in [3.63, 3.8) is 0 Å². The molecule has 17 heavy (non-hydrogen) atoms. The molecule has 0 aliphatic carbocycles. The molecule has 0 radical (unpaired) electrons. The van der Waals surface area contributed by atoms with Gasteiger partial charge in [0.1, 0.15) is 0 Å². The lowest BCUT2D eigenvalue weighted by atomic mass is 10.0. The molecule has 0 fully saturated rings. The van der Waals surface area contributed by atoms with Crippen molar-refractivity contribution in [2.45, 2.75) is 12.1 Å². The van der Waals surface area contributed by atoms with E-state index in [9.17, 15) is 26.7 Å². The normalized spacial score (nSPS) is 12.3. The van der Waals surface area contributed by atoms with E-state index < -0.39 is 23.4 Å². The second-order valence-corrected chi connectivity index (χ2v) is 3.22. The van der Waals surface area contributed by atoms with Gasteiger partial charge >= 0.3 is 12.1 Å². The zero-order valence-electron chi connectivity index (χ0n) is 8.39. The van der Waals surface area contributed by atoms with Crippen molar-refractivity contribution < 1.29 is 26.7 Å². The second-order valence-electron chi connectivity index (χ2n) is 3.22. The van der Waals surface area contributed by atoms with Gasteiger partial charge in [-0.05, 0) is 6.08 Å². The van der Waals surface area contributed by atoms with Crippen LogP contribution in [0.15, 0.2) is 36.9 Å². The Morgan fingerprint density at radius 2 is 1.53 bits per heavy atom. The van der Waals surface area contributed by atoms with E-state index in [0.717, 1.165) is 18.2 Å². The lowest BCUT2D eigenvalue weighted by molar-refractivity contribution is -0.289. The van der Waals surface area contributed by atoms with Gasteiger partial charge in [0.05, 0.1) is 0 Å². The van der Waals surface area contributed by atoms with Crippen molar-refractivity contribution in [3.05, 3.63) is 48.0 Å². The van der Waals surface area contributed by atoms with Crippen LogP contribution in [-0.2, 0) is 5.92 Å². The minimum atomic E-state index is -5.66. The number of hydrogen-bond acceptors (Lipinski definition) is 1. The Kier molecular flexibility index (Phi) is 3.35. The Hall–Kier alpha value is -1.72. The zero-order valence-corrected chi connectivity index (χ0v) is 8.39. The van der Waals surface area contributed by atoms with Crippen LogP contribution in [0, 0.1) is 0 Å². The SMILES string of the molecule is C=CC(=O)c1ccc(C(F)(F)C(F)(F)F)cc1. The molecule has 6 heteroatoms. The van der Waals surface area contributed by atoms with Crippen LogP contribution in [0.1, 0.15) is 15.9 Å². The van der Waals surface area contributed by atoms with Crippen molar-refractivity contribution in [2.24, 2.45) is 0 Å². The molecule has 1 nitrogen and oxygen atoms in total. The van der Waals surface area contributed by atoms with Crippen LogP contribution in [-0.4, -0.2) is 12.0 Å². The molecule has 0 bridgehead atoms. The number of ketones is 1. The van der Waals surface area contributed by atoms with Gasteiger partial charge < -0.3 is 0 Å². The summed E-state index contributed by atoms with van der Waals surface area (Å²) in [5, 5.41) is 0. The first-order chi connectivity index (χ1) is 7.70. The van der Waals surface area contributed by atoms with Gasteiger partial charge in [0.15, 0.2) is 5.78 Å². The van der Waals surface area contributed by atoms with Crippen LogP contribution in [0.25, 0.3) is 0 Å². The van der Waals surface area contributed by atoms with Gasteiger partial charge in [-0.1, -0.05) is 30.8 Å². The summed E-state index contributed by atoms with van der Waals surface area (Å²) in [6.45, 7) is 3.17. The van der Waals surface area contributed by atoms with Gasteiger partial charge in [-0.3, -0.25) is 4.79 Å². The maximum atomic E-state index is 12.8. The van der Waals surface area contributed by atoms with Gasteiger partial charge in [-0.15, -0.1) is 0 Å². The molecule has 0 heterocycles. The Morgan fingerprint density at radius 3 is 1.88 bits per heavy atom. The predicted octanol–water partition coefficient (Wildman–Crippen LogP) is 3.71. The molecule has 0 N–H and O–H groups in total. The molecule has 1 aromatic rings. The van der Waals surface area contributed by atoms with Gasteiger partial charge in [0, 0.05) is 11.1 Å². The van der Waals surface area contributed by atoms with Crippen molar-refractivity contribution in [2.75, 3.05) is 0 Å². The van der Waals surface area contributed by atoms with Gasteiger partial charge in [-0.25, -0.2) is 0 Å². The highest BCUT2D eigenvalue weighted by Crippen LogP contribution is 2.43. The van der Waals surface area contributed by atoms with E-state index in [4.69, 9.17) is 0 Å². The highest BCUT2D eigenvalue weighted by Gasteiger charge is 2.58. The fourth-order valence-corrected chi connectivity index (χ4v) is 1.13. The highest BCUT2D eigenvalue weighted by molar-refractivity contribution is 6.04. The Morgan fingerprint density at radius 1 is 1.06 bits per heavy atom. The first-order valence-corrected chi connectivity index (χ1v) is 4.42. The number of rotatable bonds is 3. The molecule has 0 aliphatic heterocycles. The molecule has 0 aromatic heterocycles. The third kappa shape index (κ3) is 2.51. The topological polar surface area (TPSA) is 17.1 Å². The molecular formula is C11H7F5O. The minimum absolute atomic E-state index is 0.00160. The number of halogens is 5. The molecule has 92 valence electrons. The lowest BCUT2D eigenvalue weighted by Gasteiger charge is -2.19. The van der Waals surface area contributed by atoms with E-state index in [1.54, 1.807) is 0 Å². The Bertz CT molecular complexity index is 430. The average Bonchev–Trinajstić information content (AvgIpc) is 2.26. The summed E-state index contributed by atoms with van der Waals surface area (Å²) in [7, 11) is 0. The van der Waals surface area contributed by atoms with E-state index in [0.29, 0.717) is 12.1 Å². The van der Waals surface area contributed by atoms with Crippen LogP contribution in [0.3, 0.4) is 0 Å². The molecular weight excluding hydrogens is 243 g/mol. The summed E-state index contributed by atoms with van der Waals surface area (Å²) in [6, 6.07) is 2.95. The first-order valence-electron chi connectivity index (χ1n) is 4.42. The van der Waals surface area contributed by atoms with E-state index in [-0.39, 0.29) is 5.56 Å². The van der Waals surface area contributed by atoms with Crippen LogP contribution in [0.2, 0.25) is 0 Å². The number of carbonyl (C=O) groups is 1. The van der Waals surface area contributed by atoms with Crippen molar-refractivity contribution in [3.8, 4) is 0 Å². The van der Waals surface area contributed by atoms with Crippen LogP contribution >= 0.6 is 0 Å². The van der Waals surface area contributed by atoms with Gasteiger partial charge in [-0.2, -0.15) is 22.0 Å². The number of alkyl halides is 5. The largest absolute Gasteiger partial charge is 0.458 e.